The molecule has 0 amide bonds. The highest BCUT2D eigenvalue weighted by molar-refractivity contribution is 6.31. The van der Waals surface area contributed by atoms with Crippen LogP contribution in [0.4, 0.5) is 15.9 Å². The van der Waals surface area contributed by atoms with Gasteiger partial charge in [0.25, 0.3) is 0 Å². The third kappa shape index (κ3) is 5.03. The highest BCUT2D eigenvalue weighted by Crippen LogP contribution is 2.28. The monoisotopic (exact) mass is 439 g/mol. The quantitative estimate of drug-likeness (QED) is 0.536. The van der Waals surface area contributed by atoms with Crippen molar-refractivity contribution < 1.29 is 14.3 Å². The molecule has 4 rings (SSSR count). The number of nitrogens with one attached hydrogen (secondary N) is 1. The van der Waals surface area contributed by atoms with Crippen molar-refractivity contribution in [2.45, 2.75) is 18.9 Å². The van der Waals surface area contributed by atoms with Gasteiger partial charge in [0, 0.05) is 47.6 Å². The molecule has 1 aliphatic rings. The average Bonchev–Trinajstić information content (AvgIpc) is 3.23. The first-order valence-corrected chi connectivity index (χ1v) is 10.6. The molecular formula is C24H23ClFN3O2. The smallest absolute Gasteiger partial charge is 0.193 e. The number of pyridine rings is 1. The predicted molar refractivity (Wildman–Crippen MR) is 121 cm³/mol. The SMILES string of the molecule is O=C(c1cccc(Cl)c1)c1ccc(N2CCC(Nc3ccc(F)cn3)C2)c(CCO)c1. The maximum Gasteiger partial charge on any atom is 0.193 e. The highest BCUT2D eigenvalue weighted by atomic mass is 35.5. The number of halogens is 2. The van der Waals surface area contributed by atoms with Crippen molar-refractivity contribution in [2.75, 3.05) is 29.9 Å². The summed E-state index contributed by atoms with van der Waals surface area (Å²) < 4.78 is 13.1. The lowest BCUT2D eigenvalue weighted by atomic mass is 9.98. The third-order valence-corrected chi connectivity index (χ3v) is 5.65. The fraction of sp³-hybridized carbons (Fsp3) is 0.250. The molecule has 0 radical (unpaired) electrons. The molecule has 1 fully saturated rings. The summed E-state index contributed by atoms with van der Waals surface area (Å²) in [6.07, 6.45) is 2.56. The lowest BCUT2D eigenvalue weighted by molar-refractivity contribution is 0.103. The molecule has 2 aromatic carbocycles. The first-order valence-electron chi connectivity index (χ1n) is 10.2. The van der Waals surface area contributed by atoms with E-state index in [1.807, 2.05) is 18.2 Å². The van der Waals surface area contributed by atoms with Crippen LogP contribution in [0.15, 0.2) is 60.8 Å². The van der Waals surface area contributed by atoms with E-state index < -0.39 is 0 Å². The summed E-state index contributed by atoms with van der Waals surface area (Å²) in [5.41, 5.74) is 3.04. The number of rotatable bonds is 7. The van der Waals surface area contributed by atoms with Crippen LogP contribution in [0.5, 0.6) is 0 Å². The van der Waals surface area contributed by atoms with Crippen LogP contribution >= 0.6 is 11.6 Å². The summed E-state index contributed by atoms with van der Waals surface area (Å²) in [5, 5.41) is 13.4. The van der Waals surface area contributed by atoms with Gasteiger partial charge in [-0.05, 0) is 60.9 Å². The summed E-state index contributed by atoms with van der Waals surface area (Å²) in [6.45, 7) is 1.58. The zero-order valence-corrected chi connectivity index (χ0v) is 17.6. The number of aliphatic hydroxyl groups excluding tert-OH is 1. The Morgan fingerprint density at radius 1 is 1.19 bits per heavy atom. The third-order valence-electron chi connectivity index (χ3n) is 5.42. The maximum absolute atomic E-state index is 13.1. The second-order valence-electron chi connectivity index (χ2n) is 7.59. The van der Waals surface area contributed by atoms with Gasteiger partial charge in [-0.2, -0.15) is 0 Å². The second-order valence-corrected chi connectivity index (χ2v) is 8.03. The number of anilines is 2. The molecule has 1 aliphatic heterocycles. The molecule has 160 valence electrons. The molecule has 2 heterocycles. The number of aliphatic hydroxyl groups is 1. The Morgan fingerprint density at radius 3 is 2.77 bits per heavy atom. The number of ketones is 1. The molecule has 0 aliphatic carbocycles. The standard InChI is InChI=1S/C24H23ClFN3O2/c25-19-3-1-2-17(13-19)24(31)18-4-6-22(16(12-18)9-11-30)29-10-8-21(15-29)28-23-7-5-20(26)14-27-23/h1-7,12-14,21,30H,8-11,15H2,(H,27,28). The van der Waals surface area contributed by atoms with Crippen LogP contribution in [0, 0.1) is 5.82 Å². The molecule has 1 atom stereocenters. The Bertz CT molecular complexity index is 1070. The number of carbonyl (C=O) groups excluding carboxylic acids is 1. The number of hydrogen-bond acceptors (Lipinski definition) is 5. The van der Waals surface area contributed by atoms with E-state index in [0.29, 0.717) is 28.4 Å². The minimum Gasteiger partial charge on any atom is -0.396 e. The molecule has 0 saturated carbocycles. The minimum absolute atomic E-state index is 0.00315. The summed E-state index contributed by atoms with van der Waals surface area (Å²) in [7, 11) is 0. The molecule has 1 saturated heterocycles. The molecule has 0 spiro atoms. The Hall–Kier alpha value is -2.96. The van der Waals surface area contributed by atoms with Crippen LogP contribution < -0.4 is 10.2 Å². The summed E-state index contributed by atoms with van der Waals surface area (Å²) in [4.78, 5) is 19.2. The molecule has 5 nitrogen and oxygen atoms in total. The van der Waals surface area contributed by atoms with E-state index in [4.69, 9.17) is 11.6 Å². The van der Waals surface area contributed by atoms with Crippen LogP contribution in [-0.2, 0) is 6.42 Å². The number of nitrogens with zero attached hydrogens (tertiary/aromatic N) is 2. The van der Waals surface area contributed by atoms with Crippen molar-refractivity contribution in [2.24, 2.45) is 0 Å². The lowest BCUT2D eigenvalue weighted by Crippen LogP contribution is -2.27. The van der Waals surface area contributed by atoms with Gasteiger partial charge in [0.2, 0.25) is 0 Å². The Balaban J connectivity index is 1.51. The van der Waals surface area contributed by atoms with Crippen molar-refractivity contribution in [3.63, 3.8) is 0 Å². The van der Waals surface area contributed by atoms with Gasteiger partial charge in [-0.1, -0.05) is 23.7 Å². The van der Waals surface area contributed by atoms with Gasteiger partial charge in [-0.25, -0.2) is 9.37 Å². The van der Waals surface area contributed by atoms with E-state index in [1.54, 1.807) is 30.3 Å². The average molecular weight is 440 g/mol. The van der Waals surface area contributed by atoms with E-state index in [1.165, 1.54) is 12.3 Å². The van der Waals surface area contributed by atoms with Crippen molar-refractivity contribution in [3.8, 4) is 0 Å². The molecule has 1 unspecified atom stereocenters. The van der Waals surface area contributed by atoms with Crippen LogP contribution in [0.2, 0.25) is 5.02 Å². The highest BCUT2D eigenvalue weighted by Gasteiger charge is 2.25. The van der Waals surface area contributed by atoms with Crippen molar-refractivity contribution >= 4 is 28.9 Å². The molecular weight excluding hydrogens is 417 g/mol. The minimum atomic E-state index is -0.361. The van der Waals surface area contributed by atoms with Gasteiger partial charge in [0.05, 0.1) is 6.20 Å². The van der Waals surface area contributed by atoms with Gasteiger partial charge < -0.3 is 15.3 Å². The molecule has 3 aromatic rings. The summed E-state index contributed by atoms with van der Waals surface area (Å²) in [6, 6.07) is 15.7. The van der Waals surface area contributed by atoms with E-state index in [-0.39, 0.29) is 24.2 Å². The van der Waals surface area contributed by atoms with Crippen LogP contribution in [0.1, 0.15) is 27.9 Å². The predicted octanol–water partition coefficient (Wildman–Crippen LogP) is 4.33. The number of hydrogen-bond donors (Lipinski definition) is 2. The topological polar surface area (TPSA) is 65.5 Å². The van der Waals surface area contributed by atoms with Gasteiger partial charge in [0.15, 0.2) is 5.78 Å². The molecule has 7 heteroatoms. The first-order chi connectivity index (χ1) is 15.0. The van der Waals surface area contributed by atoms with E-state index in [2.05, 4.69) is 15.2 Å². The fourth-order valence-electron chi connectivity index (χ4n) is 3.92. The van der Waals surface area contributed by atoms with E-state index >= 15 is 0 Å². The fourth-order valence-corrected chi connectivity index (χ4v) is 4.11. The summed E-state index contributed by atoms with van der Waals surface area (Å²) >= 11 is 6.03. The van der Waals surface area contributed by atoms with Crippen LogP contribution in [0.3, 0.4) is 0 Å². The zero-order valence-electron chi connectivity index (χ0n) is 16.9. The Kier molecular flexibility index (Phi) is 6.49. The van der Waals surface area contributed by atoms with Crippen molar-refractivity contribution in [1.82, 2.24) is 4.98 Å². The van der Waals surface area contributed by atoms with Gasteiger partial charge in [-0.3, -0.25) is 4.79 Å². The van der Waals surface area contributed by atoms with Crippen LogP contribution in [0.25, 0.3) is 0 Å². The first kappa shape index (κ1) is 21.3. The normalized spacial score (nSPS) is 15.8. The van der Waals surface area contributed by atoms with Gasteiger partial charge in [-0.15, -0.1) is 0 Å². The summed E-state index contributed by atoms with van der Waals surface area (Å²) in [5.74, 6) is 0.183. The number of benzene rings is 2. The van der Waals surface area contributed by atoms with Crippen molar-refractivity contribution in [1.29, 1.82) is 0 Å². The van der Waals surface area contributed by atoms with E-state index in [0.717, 1.165) is 30.8 Å². The Labute approximate surface area is 185 Å². The molecule has 0 bridgehead atoms. The van der Waals surface area contributed by atoms with Crippen LogP contribution in [-0.4, -0.2) is 41.6 Å². The largest absolute Gasteiger partial charge is 0.396 e. The van der Waals surface area contributed by atoms with Gasteiger partial charge in [0.1, 0.15) is 11.6 Å². The Morgan fingerprint density at radius 2 is 2.03 bits per heavy atom. The van der Waals surface area contributed by atoms with Crippen molar-refractivity contribution in [3.05, 3.63) is 88.3 Å². The zero-order chi connectivity index (χ0) is 21.8. The number of aromatic nitrogens is 1. The number of carbonyl (C=O) groups is 1. The lowest BCUT2D eigenvalue weighted by Gasteiger charge is -2.23. The maximum atomic E-state index is 13.1. The van der Waals surface area contributed by atoms with Gasteiger partial charge >= 0.3 is 0 Å². The van der Waals surface area contributed by atoms with E-state index in [9.17, 15) is 14.3 Å². The molecule has 31 heavy (non-hydrogen) atoms. The molecule has 2 N–H and O–H groups in total. The molecule has 1 aromatic heterocycles. The second kappa shape index (κ2) is 9.45.